The second kappa shape index (κ2) is 7.64. The molecule has 8 heteroatoms. The van der Waals surface area contributed by atoms with Crippen molar-refractivity contribution in [1.29, 1.82) is 0 Å². The lowest BCUT2D eigenvalue weighted by atomic mass is 9.92. The SMILES string of the molecule is CC(Oc1ccc(Cl)c(Cl)c1)C(=O)NC1(C(=O)O)CCSCC1. The van der Waals surface area contributed by atoms with E-state index >= 15 is 0 Å². The number of carboxylic acids is 1. The van der Waals surface area contributed by atoms with Gasteiger partial charge in [-0.25, -0.2) is 4.79 Å². The van der Waals surface area contributed by atoms with Crippen LogP contribution in [0.2, 0.25) is 10.0 Å². The van der Waals surface area contributed by atoms with Gasteiger partial charge in [-0.3, -0.25) is 4.79 Å². The molecule has 2 N–H and O–H groups in total. The second-order valence-electron chi connectivity index (χ2n) is 5.32. The first kappa shape index (κ1) is 18.2. The highest BCUT2D eigenvalue weighted by Gasteiger charge is 2.42. The molecule has 5 nitrogen and oxygen atoms in total. The molecule has 1 aliphatic heterocycles. The molecular weight excluding hydrogens is 361 g/mol. The summed E-state index contributed by atoms with van der Waals surface area (Å²) in [5.41, 5.74) is -1.21. The summed E-state index contributed by atoms with van der Waals surface area (Å²) in [6, 6.07) is 4.68. The van der Waals surface area contributed by atoms with Crippen LogP contribution >= 0.6 is 35.0 Å². The summed E-state index contributed by atoms with van der Waals surface area (Å²) in [7, 11) is 0. The van der Waals surface area contributed by atoms with E-state index in [1.54, 1.807) is 30.8 Å². The number of carbonyl (C=O) groups excluding carboxylic acids is 1. The average molecular weight is 378 g/mol. The Kier molecular flexibility index (Phi) is 6.06. The molecule has 0 spiro atoms. The van der Waals surface area contributed by atoms with Gasteiger partial charge in [0, 0.05) is 6.07 Å². The van der Waals surface area contributed by atoms with Crippen molar-refractivity contribution in [3.63, 3.8) is 0 Å². The van der Waals surface area contributed by atoms with Crippen molar-refractivity contribution in [3.05, 3.63) is 28.2 Å². The lowest BCUT2D eigenvalue weighted by molar-refractivity contribution is -0.149. The molecule has 23 heavy (non-hydrogen) atoms. The van der Waals surface area contributed by atoms with Crippen molar-refractivity contribution in [2.75, 3.05) is 11.5 Å². The van der Waals surface area contributed by atoms with Crippen LogP contribution in [0.15, 0.2) is 18.2 Å². The average Bonchev–Trinajstić information content (AvgIpc) is 2.51. The Labute approximate surface area is 148 Å². The number of nitrogens with one attached hydrogen (secondary N) is 1. The summed E-state index contributed by atoms with van der Waals surface area (Å²) >= 11 is 13.4. The predicted molar refractivity (Wildman–Crippen MR) is 91.6 cm³/mol. The van der Waals surface area contributed by atoms with E-state index in [0.717, 1.165) is 0 Å². The monoisotopic (exact) mass is 377 g/mol. The number of amides is 1. The molecule has 0 saturated carbocycles. The first-order chi connectivity index (χ1) is 10.8. The minimum atomic E-state index is -1.21. The van der Waals surface area contributed by atoms with Crippen molar-refractivity contribution in [2.24, 2.45) is 0 Å². The van der Waals surface area contributed by atoms with Crippen LogP contribution in [0.1, 0.15) is 19.8 Å². The first-order valence-corrected chi connectivity index (χ1v) is 9.00. The number of halogens is 2. The zero-order chi connectivity index (χ0) is 17.0. The minimum absolute atomic E-state index is 0.322. The second-order valence-corrected chi connectivity index (χ2v) is 7.36. The molecule has 1 unspecified atom stereocenters. The normalized spacial score (nSPS) is 18.0. The number of aliphatic carboxylic acids is 1. The Bertz CT molecular complexity index is 605. The summed E-state index contributed by atoms with van der Waals surface area (Å²) in [6.45, 7) is 1.56. The Morgan fingerprint density at radius 1 is 1.30 bits per heavy atom. The van der Waals surface area contributed by atoms with Gasteiger partial charge in [0.2, 0.25) is 0 Å². The first-order valence-electron chi connectivity index (χ1n) is 7.09. The smallest absolute Gasteiger partial charge is 0.329 e. The number of hydrogen-bond acceptors (Lipinski definition) is 4. The molecule has 1 atom stereocenters. The maximum atomic E-state index is 12.3. The molecule has 126 valence electrons. The van der Waals surface area contributed by atoms with Crippen molar-refractivity contribution in [2.45, 2.75) is 31.4 Å². The highest BCUT2D eigenvalue weighted by atomic mass is 35.5. The molecule has 1 amide bonds. The standard InChI is InChI=1S/C15H17Cl2NO4S/c1-9(22-10-2-3-11(16)12(17)8-10)13(19)18-15(14(20)21)4-6-23-7-5-15/h2-3,8-9H,4-7H2,1H3,(H,18,19)(H,20,21). The molecule has 0 bridgehead atoms. The van der Waals surface area contributed by atoms with Gasteiger partial charge < -0.3 is 15.2 Å². The highest BCUT2D eigenvalue weighted by Crippen LogP contribution is 2.29. The van der Waals surface area contributed by atoms with E-state index in [1.807, 2.05) is 0 Å². The molecule has 1 aromatic rings. The van der Waals surface area contributed by atoms with E-state index < -0.39 is 23.5 Å². The summed E-state index contributed by atoms with van der Waals surface area (Å²) < 4.78 is 5.52. The summed E-state index contributed by atoms with van der Waals surface area (Å²) in [5.74, 6) is 0.326. The number of benzene rings is 1. The van der Waals surface area contributed by atoms with Gasteiger partial charge >= 0.3 is 5.97 Å². The van der Waals surface area contributed by atoms with Crippen LogP contribution < -0.4 is 10.1 Å². The molecule has 1 aliphatic rings. The fourth-order valence-corrected chi connectivity index (χ4v) is 3.74. The summed E-state index contributed by atoms with van der Waals surface area (Å²) in [4.78, 5) is 23.9. The quantitative estimate of drug-likeness (QED) is 0.823. The molecule has 2 rings (SSSR count). The number of rotatable bonds is 5. The van der Waals surface area contributed by atoms with Crippen molar-refractivity contribution in [1.82, 2.24) is 5.32 Å². The van der Waals surface area contributed by atoms with Gasteiger partial charge in [-0.1, -0.05) is 23.2 Å². The highest BCUT2D eigenvalue weighted by molar-refractivity contribution is 7.99. The molecule has 0 aromatic heterocycles. The zero-order valence-corrected chi connectivity index (χ0v) is 14.8. The third-order valence-electron chi connectivity index (χ3n) is 3.69. The summed E-state index contributed by atoms with van der Waals surface area (Å²) in [6.07, 6.45) is -0.0470. The third kappa shape index (κ3) is 4.46. The van der Waals surface area contributed by atoms with Crippen LogP contribution in [0.3, 0.4) is 0 Å². The topological polar surface area (TPSA) is 75.6 Å². The number of hydrogen-bond donors (Lipinski definition) is 2. The third-order valence-corrected chi connectivity index (χ3v) is 5.42. The van der Waals surface area contributed by atoms with Gasteiger partial charge in [-0.2, -0.15) is 11.8 Å². The van der Waals surface area contributed by atoms with Gasteiger partial charge in [0.1, 0.15) is 11.3 Å². The predicted octanol–water partition coefficient (Wildman–Crippen LogP) is 3.23. The van der Waals surface area contributed by atoms with Gasteiger partial charge in [0.15, 0.2) is 6.10 Å². The molecule has 1 aromatic carbocycles. The number of ether oxygens (including phenoxy) is 1. The van der Waals surface area contributed by atoms with Crippen LogP contribution in [0.4, 0.5) is 0 Å². The number of carbonyl (C=O) groups is 2. The number of thioether (sulfide) groups is 1. The maximum absolute atomic E-state index is 12.3. The zero-order valence-electron chi connectivity index (χ0n) is 12.5. The minimum Gasteiger partial charge on any atom is -0.481 e. The Morgan fingerprint density at radius 2 is 1.96 bits per heavy atom. The van der Waals surface area contributed by atoms with Crippen LogP contribution in [0.5, 0.6) is 5.75 Å². The fraction of sp³-hybridized carbons (Fsp3) is 0.467. The molecule has 0 radical (unpaired) electrons. The van der Waals surface area contributed by atoms with E-state index in [1.165, 1.54) is 6.07 Å². The largest absolute Gasteiger partial charge is 0.481 e. The Balaban J connectivity index is 2.03. The Hall–Kier alpha value is -1.11. The van der Waals surface area contributed by atoms with E-state index in [0.29, 0.717) is 40.1 Å². The van der Waals surface area contributed by atoms with Gasteiger partial charge in [-0.15, -0.1) is 0 Å². The van der Waals surface area contributed by atoms with E-state index in [4.69, 9.17) is 27.9 Å². The van der Waals surface area contributed by atoms with Crippen LogP contribution in [0.25, 0.3) is 0 Å². The van der Waals surface area contributed by atoms with Crippen molar-refractivity contribution >= 4 is 46.8 Å². The van der Waals surface area contributed by atoms with Crippen LogP contribution in [0, 0.1) is 0 Å². The summed E-state index contributed by atoms with van der Waals surface area (Å²) in [5, 5.41) is 12.8. The lowest BCUT2D eigenvalue weighted by Gasteiger charge is -2.34. The fourth-order valence-electron chi connectivity index (χ4n) is 2.26. The molecule has 1 heterocycles. The van der Waals surface area contributed by atoms with Crippen LogP contribution in [-0.4, -0.2) is 40.1 Å². The van der Waals surface area contributed by atoms with Gasteiger partial charge in [0.25, 0.3) is 5.91 Å². The number of carboxylic acid groups (broad SMARTS) is 1. The van der Waals surface area contributed by atoms with E-state index in [-0.39, 0.29) is 0 Å². The van der Waals surface area contributed by atoms with Gasteiger partial charge in [0.05, 0.1) is 10.0 Å². The van der Waals surface area contributed by atoms with Crippen molar-refractivity contribution < 1.29 is 19.4 Å². The van der Waals surface area contributed by atoms with Crippen molar-refractivity contribution in [3.8, 4) is 5.75 Å². The van der Waals surface area contributed by atoms with E-state index in [2.05, 4.69) is 5.32 Å². The Morgan fingerprint density at radius 3 is 2.52 bits per heavy atom. The lowest BCUT2D eigenvalue weighted by Crippen LogP contribution is -2.58. The molecule has 0 aliphatic carbocycles. The molecular formula is C15H17Cl2NO4S. The van der Waals surface area contributed by atoms with Crippen LogP contribution in [-0.2, 0) is 9.59 Å². The molecule has 1 fully saturated rings. The van der Waals surface area contributed by atoms with Gasteiger partial charge in [-0.05, 0) is 43.4 Å². The molecule has 1 saturated heterocycles. The maximum Gasteiger partial charge on any atom is 0.329 e. The van der Waals surface area contributed by atoms with E-state index in [9.17, 15) is 14.7 Å².